The lowest BCUT2D eigenvalue weighted by Crippen LogP contribution is -2.43. The third-order valence-electron chi connectivity index (χ3n) is 4.44. The molecule has 1 saturated heterocycles. The summed E-state index contributed by atoms with van der Waals surface area (Å²) in [5.41, 5.74) is 2.61. The van der Waals surface area contributed by atoms with Crippen LogP contribution in [0.1, 0.15) is 19.8 Å². The number of piperidine rings is 1. The largest absolute Gasteiger partial charge is 0.338 e. The molecule has 0 bridgehead atoms. The minimum absolute atomic E-state index is 0.595. The summed E-state index contributed by atoms with van der Waals surface area (Å²) in [6.45, 7) is 5.84. The molecule has 110 valence electrons. The van der Waals surface area contributed by atoms with E-state index in [1.807, 2.05) is 0 Å². The van der Waals surface area contributed by atoms with Crippen LogP contribution in [-0.2, 0) is 0 Å². The van der Waals surface area contributed by atoms with Crippen molar-refractivity contribution in [1.29, 1.82) is 0 Å². The minimum atomic E-state index is 0.595. The number of hydrogen-bond acceptors (Lipinski definition) is 2. The maximum absolute atomic E-state index is 2.55. The molecular weight excluding hydrogens is 256 g/mol. The van der Waals surface area contributed by atoms with Crippen molar-refractivity contribution in [3.8, 4) is 0 Å². The van der Waals surface area contributed by atoms with E-state index < -0.39 is 0 Å². The molecule has 2 heteroatoms. The Bertz CT molecular complexity index is 491. The first kappa shape index (κ1) is 14.2. The third-order valence-corrected chi connectivity index (χ3v) is 4.44. The standard InChI is InChI=1S/C19H24N2/c1-2-20-15-13-19(14-16-20)21(17-9-5-3-6-10-17)18-11-7-4-8-12-18/h3-12,19H,2,13-16H2,1H3. The summed E-state index contributed by atoms with van der Waals surface area (Å²) >= 11 is 0. The van der Waals surface area contributed by atoms with Gasteiger partial charge in [-0.25, -0.2) is 0 Å². The van der Waals surface area contributed by atoms with Crippen LogP contribution in [-0.4, -0.2) is 30.6 Å². The van der Waals surface area contributed by atoms with E-state index in [0.717, 1.165) is 0 Å². The maximum atomic E-state index is 2.55. The first-order valence-corrected chi connectivity index (χ1v) is 8.00. The third kappa shape index (κ3) is 3.27. The average Bonchev–Trinajstić information content (AvgIpc) is 2.58. The quantitative estimate of drug-likeness (QED) is 0.823. The summed E-state index contributed by atoms with van der Waals surface area (Å²) in [4.78, 5) is 5.07. The van der Waals surface area contributed by atoms with Crippen LogP contribution in [0.15, 0.2) is 60.7 Å². The molecule has 0 N–H and O–H groups in total. The van der Waals surface area contributed by atoms with Crippen LogP contribution >= 0.6 is 0 Å². The molecule has 1 aliphatic heterocycles. The monoisotopic (exact) mass is 280 g/mol. The minimum Gasteiger partial charge on any atom is -0.338 e. The van der Waals surface area contributed by atoms with Crippen molar-refractivity contribution in [2.75, 3.05) is 24.5 Å². The summed E-state index contributed by atoms with van der Waals surface area (Å²) in [5, 5.41) is 0. The van der Waals surface area contributed by atoms with Crippen LogP contribution < -0.4 is 4.90 Å². The molecule has 2 nitrogen and oxygen atoms in total. The molecule has 0 radical (unpaired) electrons. The number of anilines is 2. The first-order chi connectivity index (χ1) is 10.4. The Morgan fingerprint density at radius 1 is 0.857 bits per heavy atom. The van der Waals surface area contributed by atoms with Crippen molar-refractivity contribution in [1.82, 2.24) is 4.90 Å². The fourth-order valence-electron chi connectivity index (χ4n) is 3.24. The zero-order valence-electron chi connectivity index (χ0n) is 12.8. The summed E-state index contributed by atoms with van der Waals surface area (Å²) in [7, 11) is 0. The molecule has 0 aliphatic carbocycles. The number of rotatable bonds is 4. The van der Waals surface area contributed by atoms with Gasteiger partial charge in [-0.05, 0) is 43.7 Å². The predicted octanol–water partition coefficient (Wildman–Crippen LogP) is 4.31. The second-order valence-electron chi connectivity index (χ2n) is 5.71. The Hall–Kier alpha value is -1.80. The molecule has 0 atom stereocenters. The molecule has 0 amide bonds. The Labute approximate surface area is 128 Å². The number of nitrogens with zero attached hydrogens (tertiary/aromatic N) is 2. The molecule has 0 spiro atoms. The van der Waals surface area contributed by atoms with Gasteiger partial charge in [-0.15, -0.1) is 0 Å². The van der Waals surface area contributed by atoms with E-state index in [-0.39, 0.29) is 0 Å². The van der Waals surface area contributed by atoms with E-state index in [2.05, 4.69) is 77.4 Å². The fraction of sp³-hybridized carbons (Fsp3) is 0.368. The molecule has 1 heterocycles. The average molecular weight is 280 g/mol. The van der Waals surface area contributed by atoms with E-state index in [1.54, 1.807) is 0 Å². The summed E-state index contributed by atoms with van der Waals surface area (Å²) in [6, 6.07) is 22.2. The topological polar surface area (TPSA) is 6.48 Å². The molecule has 0 unspecified atom stereocenters. The molecule has 0 saturated carbocycles. The molecule has 3 rings (SSSR count). The van der Waals surface area contributed by atoms with Gasteiger partial charge in [0.05, 0.1) is 0 Å². The van der Waals surface area contributed by atoms with Gasteiger partial charge in [0.1, 0.15) is 0 Å². The summed E-state index contributed by atoms with van der Waals surface area (Å²) in [6.07, 6.45) is 2.47. The Balaban J connectivity index is 1.87. The van der Waals surface area contributed by atoms with Crippen molar-refractivity contribution in [3.05, 3.63) is 60.7 Å². The van der Waals surface area contributed by atoms with E-state index in [0.29, 0.717) is 6.04 Å². The highest BCUT2D eigenvalue weighted by atomic mass is 15.2. The Morgan fingerprint density at radius 2 is 1.33 bits per heavy atom. The van der Waals surface area contributed by atoms with Gasteiger partial charge >= 0.3 is 0 Å². The van der Waals surface area contributed by atoms with Gasteiger partial charge in [-0.3, -0.25) is 0 Å². The number of likely N-dealkylation sites (tertiary alicyclic amines) is 1. The maximum Gasteiger partial charge on any atom is 0.0413 e. The molecular formula is C19H24N2. The highest BCUT2D eigenvalue weighted by Crippen LogP contribution is 2.31. The highest BCUT2D eigenvalue weighted by Gasteiger charge is 2.25. The lowest BCUT2D eigenvalue weighted by atomic mass is 10.0. The van der Waals surface area contributed by atoms with Gasteiger partial charge in [0.15, 0.2) is 0 Å². The molecule has 2 aromatic carbocycles. The molecule has 2 aromatic rings. The van der Waals surface area contributed by atoms with Gasteiger partial charge in [0.25, 0.3) is 0 Å². The second kappa shape index (κ2) is 6.77. The molecule has 21 heavy (non-hydrogen) atoms. The summed E-state index contributed by atoms with van der Waals surface area (Å²) < 4.78 is 0. The smallest absolute Gasteiger partial charge is 0.0413 e. The first-order valence-electron chi connectivity index (χ1n) is 8.00. The van der Waals surface area contributed by atoms with Crippen LogP contribution in [0.2, 0.25) is 0 Å². The zero-order chi connectivity index (χ0) is 14.5. The highest BCUT2D eigenvalue weighted by molar-refractivity contribution is 5.64. The SMILES string of the molecule is CCN1CCC(N(c2ccccc2)c2ccccc2)CC1. The van der Waals surface area contributed by atoms with Crippen LogP contribution in [0.3, 0.4) is 0 Å². The van der Waals surface area contributed by atoms with Crippen LogP contribution in [0.5, 0.6) is 0 Å². The van der Waals surface area contributed by atoms with Gasteiger partial charge in [0.2, 0.25) is 0 Å². The van der Waals surface area contributed by atoms with Gasteiger partial charge in [-0.2, -0.15) is 0 Å². The van der Waals surface area contributed by atoms with Gasteiger partial charge in [0, 0.05) is 30.5 Å². The number of hydrogen-bond donors (Lipinski definition) is 0. The van der Waals surface area contributed by atoms with E-state index >= 15 is 0 Å². The van der Waals surface area contributed by atoms with Gasteiger partial charge < -0.3 is 9.80 Å². The lowest BCUT2D eigenvalue weighted by molar-refractivity contribution is 0.223. The van der Waals surface area contributed by atoms with Crippen molar-refractivity contribution in [2.24, 2.45) is 0 Å². The Morgan fingerprint density at radius 3 is 1.76 bits per heavy atom. The normalized spacial score (nSPS) is 16.8. The van der Waals surface area contributed by atoms with Crippen molar-refractivity contribution in [3.63, 3.8) is 0 Å². The number of benzene rings is 2. The van der Waals surface area contributed by atoms with E-state index in [1.165, 1.54) is 43.9 Å². The van der Waals surface area contributed by atoms with Crippen molar-refractivity contribution < 1.29 is 0 Å². The lowest BCUT2D eigenvalue weighted by Gasteiger charge is -2.39. The fourth-order valence-corrected chi connectivity index (χ4v) is 3.24. The van der Waals surface area contributed by atoms with Crippen LogP contribution in [0, 0.1) is 0 Å². The Kier molecular flexibility index (Phi) is 4.56. The molecule has 1 fully saturated rings. The molecule has 1 aliphatic rings. The van der Waals surface area contributed by atoms with Crippen molar-refractivity contribution in [2.45, 2.75) is 25.8 Å². The van der Waals surface area contributed by atoms with Crippen LogP contribution in [0.25, 0.3) is 0 Å². The second-order valence-corrected chi connectivity index (χ2v) is 5.71. The summed E-state index contributed by atoms with van der Waals surface area (Å²) in [5.74, 6) is 0. The molecule has 0 aromatic heterocycles. The number of para-hydroxylation sites is 2. The van der Waals surface area contributed by atoms with Gasteiger partial charge in [-0.1, -0.05) is 43.3 Å². The van der Waals surface area contributed by atoms with E-state index in [9.17, 15) is 0 Å². The van der Waals surface area contributed by atoms with E-state index in [4.69, 9.17) is 0 Å². The van der Waals surface area contributed by atoms with Crippen LogP contribution in [0.4, 0.5) is 11.4 Å². The zero-order valence-corrected chi connectivity index (χ0v) is 12.8. The van der Waals surface area contributed by atoms with Crippen molar-refractivity contribution >= 4 is 11.4 Å². The predicted molar refractivity (Wildman–Crippen MR) is 90.2 cm³/mol.